The Labute approximate surface area is 83.3 Å². The molecule has 2 heterocycles. The van der Waals surface area contributed by atoms with Gasteiger partial charge >= 0.3 is 0 Å². The van der Waals surface area contributed by atoms with Crippen LogP contribution in [0.1, 0.15) is 34.7 Å². The molecule has 14 heavy (non-hydrogen) atoms. The standard InChI is InChI=1S/C10H15N3O/c1-6-10(8(3)14)7(2)13(12-6)9-4-11-5-9/h9,11H,4-5H2,1-3H3. The molecule has 76 valence electrons. The predicted octanol–water partition coefficient (Wildman–Crippen LogP) is 0.847. The number of nitrogens with zero attached hydrogens (tertiary/aromatic N) is 2. The fourth-order valence-corrected chi connectivity index (χ4v) is 1.97. The molecular formula is C10H15N3O. The average molecular weight is 193 g/mol. The first kappa shape index (κ1) is 9.40. The van der Waals surface area contributed by atoms with Gasteiger partial charge in [0, 0.05) is 18.8 Å². The van der Waals surface area contributed by atoms with Crippen molar-refractivity contribution in [3.8, 4) is 0 Å². The van der Waals surface area contributed by atoms with Gasteiger partial charge in [-0.1, -0.05) is 0 Å². The molecule has 4 heteroatoms. The molecule has 0 amide bonds. The highest BCUT2D eigenvalue weighted by atomic mass is 16.1. The van der Waals surface area contributed by atoms with Crippen LogP contribution in [0.5, 0.6) is 0 Å². The van der Waals surface area contributed by atoms with E-state index in [4.69, 9.17) is 0 Å². The zero-order valence-corrected chi connectivity index (χ0v) is 8.79. The van der Waals surface area contributed by atoms with E-state index in [-0.39, 0.29) is 5.78 Å². The molecule has 2 rings (SSSR count). The van der Waals surface area contributed by atoms with Crippen LogP contribution in [-0.4, -0.2) is 28.7 Å². The number of carbonyl (C=O) groups is 1. The summed E-state index contributed by atoms with van der Waals surface area (Å²) in [6.07, 6.45) is 0. The largest absolute Gasteiger partial charge is 0.312 e. The number of hydrogen-bond donors (Lipinski definition) is 1. The van der Waals surface area contributed by atoms with Crippen LogP contribution in [0, 0.1) is 13.8 Å². The number of ketones is 1. The van der Waals surface area contributed by atoms with Gasteiger partial charge in [0.25, 0.3) is 0 Å². The minimum Gasteiger partial charge on any atom is -0.312 e. The molecule has 0 radical (unpaired) electrons. The normalized spacial score (nSPS) is 16.8. The molecule has 0 unspecified atom stereocenters. The van der Waals surface area contributed by atoms with E-state index in [2.05, 4.69) is 10.4 Å². The van der Waals surface area contributed by atoms with E-state index in [9.17, 15) is 4.79 Å². The quantitative estimate of drug-likeness (QED) is 0.708. The Balaban J connectivity index is 2.42. The molecule has 1 saturated heterocycles. The van der Waals surface area contributed by atoms with E-state index in [0.29, 0.717) is 6.04 Å². The van der Waals surface area contributed by atoms with Gasteiger partial charge in [-0.2, -0.15) is 5.10 Å². The molecule has 0 spiro atoms. The van der Waals surface area contributed by atoms with Gasteiger partial charge in [-0.15, -0.1) is 0 Å². The molecule has 1 aromatic heterocycles. The van der Waals surface area contributed by atoms with Gasteiger partial charge in [-0.25, -0.2) is 0 Å². The smallest absolute Gasteiger partial charge is 0.163 e. The van der Waals surface area contributed by atoms with Gasteiger partial charge in [-0.05, 0) is 20.8 Å². The van der Waals surface area contributed by atoms with Crippen molar-refractivity contribution in [2.24, 2.45) is 0 Å². The molecule has 1 aliphatic heterocycles. The number of hydrogen-bond acceptors (Lipinski definition) is 3. The second-order valence-corrected chi connectivity index (χ2v) is 3.86. The molecule has 0 bridgehead atoms. The van der Waals surface area contributed by atoms with Crippen LogP contribution in [0.3, 0.4) is 0 Å². The summed E-state index contributed by atoms with van der Waals surface area (Å²) in [5.74, 6) is 0.110. The maximum absolute atomic E-state index is 11.4. The Kier molecular flexibility index (Phi) is 2.15. The molecule has 1 N–H and O–H groups in total. The third kappa shape index (κ3) is 1.26. The lowest BCUT2D eigenvalue weighted by Crippen LogP contribution is -2.44. The van der Waals surface area contributed by atoms with Gasteiger partial charge in [0.05, 0.1) is 17.3 Å². The van der Waals surface area contributed by atoms with Crippen LogP contribution in [-0.2, 0) is 0 Å². The number of carbonyl (C=O) groups excluding carboxylic acids is 1. The number of aromatic nitrogens is 2. The van der Waals surface area contributed by atoms with Crippen molar-refractivity contribution in [2.45, 2.75) is 26.8 Å². The van der Waals surface area contributed by atoms with Crippen molar-refractivity contribution in [1.29, 1.82) is 0 Å². The number of aryl methyl sites for hydroxylation is 1. The predicted molar refractivity (Wildman–Crippen MR) is 53.6 cm³/mol. The van der Waals surface area contributed by atoms with Crippen molar-refractivity contribution in [2.75, 3.05) is 13.1 Å². The van der Waals surface area contributed by atoms with Crippen molar-refractivity contribution in [3.05, 3.63) is 17.0 Å². The van der Waals surface area contributed by atoms with Gasteiger partial charge in [0.2, 0.25) is 0 Å². The van der Waals surface area contributed by atoms with E-state index in [0.717, 1.165) is 30.0 Å². The van der Waals surface area contributed by atoms with Crippen molar-refractivity contribution >= 4 is 5.78 Å². The molecule has 1 aliphatic rings. The van der Waals surface area contributed by atoms with Crippen molar-refractivity contribution < 1.29 is 4.79 Å². The lowest BCUT2D eigenvalue weighted by Gasteiger charge is -2.28. The average Bonchev–Trinajstić information content (AvgIpc) is 2.23. The van der Waals surface area contributed by atoms with E-state index >= 15 is 0 Å². The van der Waals surface area contributed by atoms with E-state index in [1.165, 1.54) is 0 Å². The first-order valence-electron chi connectivity index (χ1n) is 4.88. The highest BCUT2D eigenvalue weighted by Gasteiger charge is 2.24. The zero-order chi connectivity index (χ0) is 10.3. The zero-order valence-electron chi connectivity index (χ0n) is 8.79. The van der Waals surface area contributed by atoms with Crippen LogP contribution in [0.4, 0.5) is 0 Å². The van der Waals surface area contributed by atoms with E-state index < -0.39 is 0 Å². The van der Waals surface area contributed by atoms with E-state index in [1.807, 2.05) is 18.5 Å². The van der Waals surface area contributed by atoms with Gasteiger partial charge in [-0.3, -0.25) is 9.48 Å². The Morgan fingerprint density at radius 1 is 1.50 bits per heavy atom. The Hall–Kier alpha value is -1.16. The molecule has 4 nitrogen and oxygen atoms in total. The second kappa shape index (κ2) is 3.20. The first-order valence-corrected chi connectivity index (χ1v) is 4.88. The topological polar surface area (TPSA) is 46.9 Å². The second-order valence-electron chi connectivity index (χ2n) is 3.86. The molecule has 0 saturated carbocycles. The monoisotopic (exact) mass is 193 g/mol. The fourth-order valence-electron chi connectivity index (χ4n) is 1.97. The molecule has 0 aliphatic carbocycles. The summed E-state index contributed by atoms with van der Waals surface area (Å²) in [5.41, 5.74) is 2.64. The summed E-state index contributed by atoms with van der Waals surface area (Å²) in [4.78, 5) is 11.4. The summed E-state index contributed by atoms with van der Waals surface area (Å²) in [6.45, 7) is 7.38. The van der Waals surface area contributed by atoms with E-state index in [1.54, 1.807) is 6.92 Å². The highest BCUT2D eigenvalue weighted by Crippen LogP contribution is 2.19. The summed E-state index contributed by atoms with van der Waals surface area (Å²) in [6, 6.07) is 0.432. The van der Waals surface area contributed by atoms with Gasteiger partial charge < -0.3 is 5.32 Å². The Morgan fingerprint density at radius 2 is 2.14 bits per heavy atom. The van der Waals surface area contributed by atoms with Gasteiger partial charge in [0.1, 0.15) is 0 Å². The summed E-state index contributed by atoms with van der Waals surface area (Å²) in [5, 5.41) is 7.61. The maximum Gasteiger partial charge on any atom is 0.163 e. The SMILES string of the molecule is CC(=O)c1c(C)nn(C2CNC2)c1C. The van der Waals surface area contributed by atoms with Crippen LogP contribution >= 0.6 is 0 Å². The molecular weight excluding hydrogens is 178 g/mol. The van der Waals surface area contributed by atoms with Crippen molar-refractivity contribution in [3.63, 3.8) is 0 Å². The van der Waals surface area contributed by atoms with Crippen LogP contribution < -0.4 is 5.32 Å². The molecule has 1 aromatic rings. The number of nitrogens with one attached hydrogen (secondary N) is 1. The molecule has 1 fully saturated rings. The fraction of sp³-hybridized carbons (Fsp3) is 0.600. The third-order valence-corrected chi connectivity index (χ3v) is 2.78. The number of Topliss-reactive ketones (excluding diaryl/α,β-unsaturated/α-hetero) is 1. The van der Waals surface area contributed by atoms with Crippen molar-refractivity contribution in [1.82, 2.24) is 15.1 Å². The van der Waals surface area contributed by atoms with Crippen LogP contribution in [0.25, 0.3) is 0 Å². The first-order chi connectivity index (χ1) is 6.61. The Bertz CT molecular complexity index is 377. The lowest BCUT2D eigenvalue weighted by molar-refractivity contribution is 0.101. The highest BCUT2D eigenvalue weighted by molar-refractivity contribution is 5.96. The molecule has 0 atom stereocenters. The van der Waals surface area contributed by atoms with Crippen LogP contribution in [0.2, 0.25) is 0 Å². The maximum atomic E-state index is 11.4. The van der Waals surface area contributed by atoms with Crippen LogP contribution in [0.15, 0.2) is 0 Å². The number of rotatable bonds is 2. The third-order valence-electron chi connectivity index (χ3n) is 2.78. The Morgan fingerprint density at radius 3 is 2.50 bits per heavy atom. The minimum absolute atomic E-state index is 0.110. The van der Waals surface area contributed by atoms with Gasteiger partial charge in [0.15, 0.2) is 5.78 Å². The molecule has 0 aromatic carbocycles. The minimum atomic E-state index is 0.110. The summed E-state index contributed by atoms with van der Waals surface area (Å²) < 4.78 is 1.97. The summed E-state index contributed by atoms with van der Waals surface area (Å²) >= 11 is 0. The lowest BCUT2D eigenvalue weighted by atomic mass is 10.1. The summed E-state index contributed by atoms with van der Waals surface area (Å²) in [7, 11) is 0.